The Morgan fingerprint density at radius 1 is 0.975 bits per heavy atom. The van der Waals surface area contributed by atoms with Gasteiger partial charge in [0.1, 0.15) is 11.9 Å². The standard InChI is InChI=1S/C66H88N6O7/c1-5-71-64-33-43-14-10-13-40-12-6-7-24-62(3)31-39-28-42(59(67)70-36-39)19-21-51-50(35-64)49(30-53(74)63(51)25-8-9-26-63)56(52(64)29-48(40)43)78-61(77)66-58(76)55-44(32-62)15-11-16-47(55)57(75)65(66,79-66)34-45(37-73)38(2)17-18-41-23-27-69-60-46(41)20-22-54(68-4)72-60/h10-11,14-16,23,28,33,36,40,48-54,56,59,68-74H,5-9,12-13,17-22,24-27,29-32,34-35,37,67H2,1-4H3. The summed E-state index contributed by atoms with van der Waals surface area (Å²) in [6.45, 7) is 7.60. The number of fused-ring (bicyclic) bond motifs is 4. The number of hydrogen-bond donors (Lipinski definition) is 8. The Hall–Kier alpha value is -4.63. The number of ketones is 2. The van der Waals surface area contributed by atoms with Gasteiger partial charge in [-0.05, 0) is 197 Å². The molecule has 6 aliphatic carbocycles. The third-order valence-electron chi connectivity index (χ3n) is 22.9. The lowest BCUT2D eigenvalue weighted by Gasteiger charge is -2.63. The smallest absolute Gasteiger partial charge is 0.350 e. The molecule has 424 valence electrons. The molecule has 13 heteroatoms. The lowest BCUT2D eigenvalue weighted by Crippen LogP contribution is -2.68. The molecule has 13 rings (SSSR count). The fourth-order valence-electron chi connectivity index (χ4n) is 19.0. The second-order valence-corrected chi connectivity index (χ2v) is 27.1. The minimum absolute atomic E-state index is 0.0695. The normalized spacial score (nSPS) is 40.1. The Bertz CT molecular complexity index is 2910. The van der Waals surface area contributed by atoms with E-state index in [9.17, 15) is 10.2 Å². The number of Topliss-reactive ketones (excluding diaryl/α,β-unsaturated/α-hetero) is 2. The zero-order chi connectivity index (χ0) is 54.6. The van der Waals surface area contributed by atoms with Crippen LogP contribution in [-0.4, -0.2) is 95.8 Å². The van der Waals surface area contributed by atoms with Crippen LogP contribution in [0.15, 0.2) is 99.6 Å². The highest BCUT2D eigenvalue weighted by atomic mass is 16.7. The van der Waals surface area contributed by atoms with Crippen molar-refractivity contribution in [2.24, 2.45) is 52.1 Å². The van der Waals surface area contributed by atoms with Crippen LogP contribution in [0.4, 0.5) is 0 Å². The van der Waals surface area contributed by atoms with E-state index in [0.717, 1.165) is 133 Å². The minimum Gasteiger partial charge on any atom is -0.459 e. The molecule has 1 saturated heterocycles. The Morgan fingerprint density at radius 3 is 2.62 bits per heavy atom. The van der Waals surface area contributed by atoms with Crippen molar-refractivity contribution in [3.05, 3.63) is 116 Å². The first-order valence-corrected chi connectivity index (χ1v) is 30.9. The van der Waals surface area contributed by atoms with Gasteiger partial charge in [-0.2, -0.15) is 0 Å². The number of allylic oxidation sites excluding steroid dienone is 8. The number of nitrogens with one attached hydrogen (secondary N) is 5. The van der Waals surface area contributed by atoms with Crippen LogP contribution in [0.25, 0.3) is 0 Å². The molecular formula is C66H88N6O7. The number of benzene rings is 1. The molecule has 4 fully saturated rings. The molecule has 3 saturated carbocycles. The van der Waals surface area contributed by atoms with Crippen molar-refractivity contribution in [1.82, 2.24) is 26.6 Å². The molecule has 6 heterocycles. The molecule has 2 spiro atoms. The number of aliphatic hydroxyl groups excluding tert-OH is 2. The third kappa shape index (κ3) is 8.61. The molecule has 11 bridgehead atoms. The average molecular weight is 1080 g/mol. The van der Waals surface area contributed by atoms with Gasteiger partial charge >= 0.3 is 5.97 Å². The zero-order valence-corrected chi connectivity index (χ0v) is 47.5. The summed E-state index contributed by atoms with van der Waals surface area (Å²) in [5, 5.41) is 42.6. The summed E-state index contributed by atoms with van der Waals surface area (Å²) in [7, 11) is 1.97. The van der Waals surface area contributed by atoms with E-state index in [2.05, 4.69) is 77.0 Å². The first-order chi connectivity index (χ1) is 38.2. The molecule has 79 heavy (non-hydrogen) atoms. The molecular weight excluding hydrogens is 989 g/mol. The van der Waals surface area contributed by atoms with Crippen molar-refractivity contribution in [2.45, 2.75) is 197 Å². The monoisotopic (exact) mass is 1080 g/mol. The topological polar surface area (TPSA) is 200 Å². The molecule has 9 N–H and O–H groups in total. The highest BCUT2D eigenvalue weighted by molar-refractivity contribution is 6.33. The maximum atomic E-state index is 16.5. The number of hydrogen-bond acceptors (Lipinski definition) is 13. The van der Waals surface area contributed by atoms with Crippen LogP contribution in [-0.2, 0) is 20.7 Å². The lowest BCUT2D eigenvalue weighted by molar-refractivity contribution is -0.197. The van der Waals surface area contributed by atoms with Crippen LogP contribution in [0.2, 0.25) is 0 Å². The molecule has 6 aliphatic heterocycles. The number of aliphatic hydroxyl groups is 2. The Balaban J connectivity index is 0.970. The maximum absolute atomic E-state index is 16.5. The highest BCUT2D eigenvalue weighted by Crippen LogP contribution is 2.66. The van der Waals surface area contributed by atoms with Gasteiger partial charge in [0, 0.05) is 47.7 Å². The molecule has 14 atom stereocenters. The van der Waals surface area contributed by atoms with Crippen molar-refractivity contribution in [2.75, 3.05) is 26.7 Å². The molecule has 0 radical (unpaired) electrons. The van der Waals surface area contributed by atoms with Gasteiger partial charge in [0.2, 0.25) is 5.78 Å². The summed E-state index contributed by atoms with van der Waals surface area (Å²) in [4.78, 5) is 48.8. The SMILES string of the molecule is CCNC12C=C3C=CCC4CCCCC5(C)CC6=CNC(N)C(=C6)CCC6C(C1)C(CC(O)C61CCCC1)C(OC(=O)C16OC1(CC(CO)=C(C)CCC1=CCNC7=C1CCC(NC)N7)C(=O)c1cccc(c1C6=O)C5)C2CC34. The first kappa shape index (κ1) is 53.7. The number of carbonyl (C=O) groups excluding carboxylic acids is 3. The van der Waals surface area contributed by atoms with E-state index in [-0.39, 0.29) is 76.9 Å². The number of rotatable bonds is 9. The summed E-state index contributed by atoms with van der Waals surface area (Å²) in [5.74, 6) is -0.147. The number of dihydropyridines is 2. The van der Waals surface area contributed by atoms with Crippen LogP contribution in [0.3, 0.4) is 0 Å². The molecule has 1 aromatic carbocycles. The summed E-state index contributed by atoms with van der Waals surface area (Å²) in [6.07, 6.45) is 30.0. The Morgan fingerprint density at radius 2 is 1.81 bits per heavy atom. The Kier molecular flexibility index (Phi) is 13.8. The van der Waals surface area contributed by atoms with E-state index in [1.54, 1.807) is 6.07 Å². The van der Waals surface area contributed by atoms with Gasteiger partial charge in [-0.25, -0.2) is 4.79 Å². The molecule has 1 aromatic rings. The predicted molar refractivity (Wildman–Crippen MR) is 305 cm³/mol. The second kappa shape index (κ2) is 20.4. The van der Waals surface area contributed by atoms with Crippen LogP contribution in [0, 0.1) is 46.3 Å². The average Bonchev–Trinajstić information content (AvgIpc) is 2.52. The van der Waals surface area contributed by atoms with E-state index in [1.807, 2.05) is 26.1 Å². The van der Waals surface area contributed by atoms with Crippen molar-refractivity contribution >= 4 is 17.5 Å². The van der Waals surface area contributed by atoms with Crippen LogP contribution in [0.5, 0.6) is 0 Å². The first-order valence-electron chi connectivity index (χ1n) is 30.9. The number of ether oxygens (including phenoxy) is 2. The van der Waals surface area contributed by atoms with Crippen molar-refractivity contribution in [3.63, 3.8) is 0 Å². The predicted octanol–water partition coefficient (Wildman–Crippen LogP) is 8.70. The van der Waals surface area contributed by atoms with Crippen LogP contribution in [0.1, 0.15) is 175 Å². The molecule has 12 aliphatic rings. The number of carbonyl (C=O) groups is 3. The van der Waals surface area contributed by atoms with E-state index >= 15 is 14.4 Å². The van der Waals surface area contributed by atoms with Gasteiger partial charge in [0.15, 0.2) is 11.4 Å². The summed E-state index contributed by atoms with van der Waals surface area (Å²) < 4.78 is 14.3. The van der Waals surface area contributed by atoms with Gasteiger partial charge in [0.25, 0.3) is 5.60 Å². The summed E-state index contributed by atoms with van der Waals surface area (Å²) in [5.41, 5.74) is 10.7. The third-order valence-corrected chi connectivity index (χ3v) is 22.9. The summed E-state index contributed by atoms with van der Waals surface area (Å²) >= 11 is 0. The van der Waals surface area contributed by atoms with Crippen molar-refractivity contribution in [3.8, 4) is 0 Å². The van der Waals surface area contributed by atoms with Gasteiger partial charge in [-0.1, -0.05) is 93.7 Å². The van der Waals surface area contributed by atoms with Crippen LogP contribution < -0.4 is 32.3 Å². The maximum Gasteiger partial charge on any atom is 0.350 e. The van der Waals surface area contributed by atoms with Gasteiger partial charge in [-0.15, -0.1) is 0 Å². The van der Waals surface area contributed by atoms with Crippen LogP contribution >= 0.6 is 0 Å². The zero-order valence-electron chi connectivity index (χ0n) is 47.5. The van der Waals surface area contributed by atoms with Gasteiger partial charge < -0.3 is 52.0 Å². The summed E-state index contributed by atoms with van der Waals surface area (Å²) in [6, 6.07) is 5.62. The molecule has 0 amide bonds. The highest BCUT2D eigenvalue weighted by Gasteiger charge is 2.86. The van der Waals surface area contributed by atoms with Crippen molar-refractivity contribution in [1.29, 1.82) is 0 Å². The molecule has 13 nitrogen and oxygen atoms in total. The van der Waals surface area contributed by atoms with Gasteiger partial charge in [0.05, 0.1) is 25.0 Å². The number of likely N-dealkylation sites (N-methyl/N-ethyl adjacent to an activating group) is 1. The Labute approximate surface area is 468 Å². The molecule has 0 aromatic heterocycles. The molecule has 14 unspecified atom stereocenters. The van der Waals surface area contributed by atoms with Gasteiger partial charge in [-0.3, -0.25) is 9.59 Å². The number of esters is 1. The van der Waals surface area contributed by atoms with E-state index < -0.39 is 46.5 Å². The fraction of sp³-hybridized carbons (Fsp3) is 0.652. The second-order valence-electron chi connectivity index (χ2n) is 27.1. The number of epoxide rings is 1. The quantitative estimate of drug-likeness (QED) is 0.0506. The van der Waals surface area contributed by atoms with Crippen molar-refractivity contribution < 1.29 is 34.1 Å². The van der Waals surface area contributed by atoms with E-state index in [1.165, 1.54) is 27.9 Å². The number of nitrogens with two attached hydrogens (primary N) is 1. The largest absolute Gasteiger partial charge is 0.459 e. The van der Waals surface area contributed by atoms with E-state index in [4.69, 9.17) is 15.2 Å². The minimum atomic E-state index is -2.26. The van der Waals surface area contributed by atoms with E-state index in [0.29, 0.717) is 37.3 Å². The fourth-order valence-corrected chi connectivity index (χ4v) is 19.0. The lowest BCUT2D eigenvalue weighted by atomic mass is 9.45.